The number of alkyl carbamates (subject to hydrolysis) is 1. The van der Waals surface area contributed by atoms with E-state index in [9.17, 15) is 31.1 Å². The van der Waals surface area contributed by atoms with E-state index >= 15 is 0 Å². The summed E-state index contributed by atoms with van der Waals surface area (Å²) in [6, 6.07) is 5.15. The van der Waals surface area contributed by atoms with Crippen LogP contribution in [0.25, 0.3) is 0 Å². The standard InChI is InChI=1S/C18H21F6N3O4/c1-2-29-15(28)25-16(17(19,20)21,18(22,23)24)27-7-5-26(6-8-27)10-12-3-4-13-14(9-12)31-11-30-13/h3-4,9H,2,5-8,10-11H2,1H3,(H,25,28). The molecule has 31 heavy (non-hydrogen) atoms. The van der Waals surface area contributed by atoms with Crippen molar-refractivity contribution in [1.82, 2.24) is 15.1 Å². The van der Waals surface area contributed by atoms with Crippen LogP contribution in [0.2, 0.25) is 0 Å². The van der Waals surface area contributed by atoms with E-state index in [1.807, 2.05) is 0 Å². The Labute approximate surface area is 173 Å². The second-order valence-corrected chi connectivity index (χ2v) is 7.00. The van der Waals surface area contributed by atoms with E-state index in [-0.39, 0.29) is 31.4 Å². The number of nitrogens with zero attached hydrogens (tertiary/aromatic N) is 2. The van der Waals surface area contributed by atoms with Gasteiger partial charge in [-0.3, -0.25) is 15.1 Å². The van der Waals surface area contributed by atoms with E-state index in [4.69, 9.17) is 9.47 Å². The fourth-order valence-corrected chi connectivity index (χ4v) is 3.59. The number of alkyl halides is 6. The molecule has 0 saturated carbocycles. The van der Waals surface area contributed by atoms with Crippen molar-refractivity contribution in [2.75, 3.05) is 39.6 Å². The molecule has 0 aromatic heterocycles. The van der Waals surface area contributed by atoms with Crippen molar-refractivity contribution in [3.8, 4) is 11.5 Å². The molecule has 3 rings (SSSR count). The molecular weight excluding hydrogens is 436 g/mol. The van der Waals surface area contributed by atoms with Gasteiger partial charge >= 0.3 is 18.4 Å². The molecule has 1 aromatic rings. The molecule has 1 N–H and O–H groups in total. The van der Waals surface area contributed by atoms with Crippen LogP contribution in [-0.2, 0) is 11.3 Å². The quantitative estimate of drug-likeness (QED) is 0.686. The summed E-state index contributed by atoms with van der Waals surface area (Å²) in [6.07, 6.45) is -13.4. The molecule has 2 heterocycles. The van der Waals surface area contributed by atoms with Crippen molar-refractivity contribution in [2.24, 2.45) is 0 Å². The molecule has 0 bridgehead atoms. The van der Waals surface area contributed by atoms with E-state index in [2.05, 4.69) is 4.74 Å². The maximum Gasteiger partial charge on any atom is 0.434 e. The number of rotatable bonds is 5. The fourth-order valence-electron chi connectivity index (χ4n) is 3.59. The van der Waals surface area contributed by atoms with Crippen LogP contribution in [0, 0.1) is 0 Å². The van der Waals surface area contributed by atoms with E-state index in [0.717, 1.165) is 10.9 Å². The summed E-state index contributed by atoms with van der Waals surface area (Å²) in [5, 5.41) is 1.04. The van der Waals surface area contributed by atoms with Crippen molar-refractivity contribution >= 4 is 6.09 Å². The van der Waals surface area contributed by atoms with Crippen molar-refractivity contribution in [1.29, 1.82) is 0 Å². The number of piperazine rings is 1. The summed E-state index contributed by atoms with van der Waals surface area (Å²) in [6.45, 7) is -0.00728. The molecule has 2 aliphatic rings. The number of hydrogen-bond acceptors (Lipinski definition) is 6. The highest BCUT2D eigenvalue weighted by Gasteiger charge is 2.75. The summed E-state index contributed by atoms with van der Waals surface area (Å²) in [5.74, 6) is 1.10. The maximum absolute atomic E-state index is 13.8. The fraction of sp³-hybridized carbons (Fsp3) is 0.611. The Morgan fingerprint density at radius 2 is 1.65 bits per heavy atom. The van der Waals surface area contributed by atoms with Gasteiger partial charge in [-0.25, -0.2) is 4.79 Å². The molecule has 0 radical (unpaired) electrons. The van der Waals surface area contributed by atoms with Gasteiger partial charge in [0.1, 0.15) is 0 Å². The summed E-state index contributed by atoms with van der Waals surface area (Å²) in [4.78, 5) is 13.5. The minimum Gasteiger partial charge on any atom is -0.454 e. The van der Waals surface area contributed by atoms with Crippen LogP contribution in [0.4, 0.5) is 31.1 Å². The first-order valence-corrected chi connectivity index (χ1v) is 9.42. The minimum absolute atomic E-state index is 0.0765. The highest BCUT2D eigenvalue weighted by molar-refractivity contribution is 5.68. The summed E-state index contributed by atoms with van der Waals surface area (Å²) < 4.78 is 97.3. The van der Waals surface area contributed by atoms with Gasteiger partial charge in [0.25, 0.3) is 5.66 Å². The van der Waals surface area contributed by atoms with E-state index in [1.54, 1.807) is 23.1 Å². The second kappa shape index (κ2) is 8.61. The molecule has 174 valence electrons. The van der Waals surface area contributed by atoms with Gasteiger partial charge in [0.2, 0.25) is 6.79 Å². The van der Waals surface area contributed by atoms with Gasteiger partial charge in [-0.2, -0.15) is 26.3 Å². The third-order valence-electron chi connectivity index (χ3n) is 5.07. The van der Waals surface area contributed by atoms with Crippen LogP contribution < -0.4 is 14.8 Å². The third kappa shape index (κ3) is 4.61. The van der Waals surface area contributed by atoms with Gasteiger partial charge < -0.3 is 14.2 Å². The normalized spacial score (nSPS) is 18.2. The molecule has 2 aliphatic heterocycles. The average molecular weight is 457 g/mol. The van der Waals surface area contributed by atoms with E-state index in [1.165, 1.54) is 6.92 Å². The predicted octanol–water partition coefficient (Wildman–Crippen LogP) is 3.10. The van der Waals surface area contributed by atoms with Crippen LogP contribution in [0.3, 0.4) is 0 Å². The first kappa shape index (κ1) is 23.3. The Balaban J connectivity index is 1.74. The van der Waals surface area contributed by atoms with Crippen molar-refractivity contribution in [2.45, 2.75) is 31.5 Å². The molecule has 0 atom stereocenters. The number of carbonyl (C=O) groups is 1. The molecular formula is C18H21F6N3O4. The molecule has 1 fully saturated rings. The van der Waals surface area contributed by atoms with Crippen LogP contribution in [-0.4, -0.2) is 73.5 Å². The van der Waals surface area contributed by atoms with Crippen molar-refractivity contribution in [3.63, 3.8) is 0 Å². The number of carbonyl (C=O) groups excluding carboxylic acids is 1. The lowest BCUT2D eigenvalue weighted by atomic mass is 10.0. The lowest BCUT2D eigenvalue weighted by Crippen LogP contribution is -2.78. The van der Waals surface area contributed by atoms with Gasteiger partial charge in [0.15, 0.2) is 11.5 Å². The highest BCUT2D eigenvalue weighted by Crippen LogP contribution is 2.46. The molecule has 7 nitrogen and oxygen atoms in total. The van der Waals surface area contributed by atoms with Gasteiger partial charge in [-0.1, -0.05) is 6.07 Å². The molecule has 13 heteroatoms. The summed E-state index contributed by atoms with van der Waals surface area (Å²) in [7, 11) is 0. The second-order valence-electron chi connectivity index (χ2n) is 7.00. The highest BCUT2D eigenvalue weighted by atomic mass is 19.4. The Kier molecular flexibility index (Phi) is 6.46. The van der Waals surface area contributed by atoms with Gasteiger partial charge in [0, 0.05) is 32.7 Å². The third-order valence-corrected chi connectivity index (χ3v) is 5.07. The zero-order chi connectivity index (χ0) is 22.9. The lowest BCUT2D eigenvalue weighted by Gasteiger charge is -2.48. The van der Waals surface area contributed by atoms with Gasteiger partial charge in [0.05, 0.1) is 6.61 Å². The average Bonchev–Trinajstić information content (AvgIpc) is 3.13. The first-order chi connectivity index (χ1) is 14.5. The molecule has 1 amide bonds. The zero-order valence-corrected chi connectivity index (χ0v) is 16.5. The van der Waals surface area contributed by atoms with Crippen molar-refractivity contribution in [3.05, 3.63) is 23.8 Å². The maximum atomic E-state index is 13.8. The number of nitrogens with one attached hydrogen (secondary N) is 1. The molecule has 0 spiro atoms. The number of amides is 1. The van der Waals surface area contributed by atoms with Crippen LogP contribution in [0.1, 0.15) is 12.5 Å². The summed E-state index contributed by atoms with van der Waals surface area (Å²) >= 11 is 0. The SMILES string of the molecule is CCOC(=O)NC(N1CCN(Cc2ccc3c(c2)OCO3)CC1)(C(F)(F)F)C(F)(F)F. The molecule has 0 unspecified atom stereocenters. The number of ether oxygens (including phenoxy) is 3. The number of hydrogen-bond donors (Lipinski definition) is 1. The van der Waals surface area contributed by atoms with Gasteiger partial charge in [-0.05, 0) is 24.6 Å². The lowest BCUT2D eigenvalue weighted by molar-refractivity contribution is -0.351. The Bertz CT molecular complexity index is 779. The minimum atomic E-state index is -5.82. The Morgan fingerprint density at radius 1 is 1.03 bits per heavy atom. The Morgan fingerprint density at radius 3 is 2.23 bits per heavy atom. The van der Waals surface area contributed by atoms with Crippen molar-refractivity contribution < 1.29 is 45.3 Å². The number of fused-ring (bicyclic) bond motifs is 1. The van der Waals surface area contributed by atoms with E-state index in [0.29, 0.717) is 18.0 Å². The van der Waals surface area contributed by atoms with Crippen LogP contribution in [0.15, 0.2) is 18.2 Å². The van der Waals surface area contributed by atoms with Crippen LogP contribution >= 0.6 is 0 Å². The van der Waals surface area contributed by atoms with Gasteiger partial charge in [-0.15, -0.1) is 0 Å². The van der Waals surface area contributed by atoms with E-state index < -0.39 is 37.2 Å². The topological polar surface area (TPSA) is 63.3 Å². The smallest absolute Gasteiger partial charge is 0.434 e. The first-order valence-electron chi connectivity index (χ1n) is 9.42. The largest absolute Gasteiger partial charge is 0.454 e. The summed E-state index contributed by atoms with van der Waals surface area (Å²) in [5.41, 5.74) is -3.77. The molecule has 1 saturated heterocycles. The Hall–Kier alpha value is -2.41. The number of halogens is 6. The zero-order valence-electron chi connectivity index (χ0n) is 16.5. The van der Waals surface area contributed by atoms with Crippen LogP contribution in [0.5, 0.6) is 11.5 Å². The number of benzene rings is 1. The monoisotopic (exact) mass is 457 g/mol. The molecule has 0 aliphatic carbocycles. The predicted molar refractivity (Wildman–Crippen MR) is 94.4 cm³/mol. The molecule has 1 aromatic carbocycles.